The van der Waals surface area contributed by atoms with Gasteiger partial charge in [0, 0.05) is 6.08 Å². The summed E-state index contributed by atoms with van der Waals surface area (Å²) in [5.74, 6) is 2.97. The number of rotatable bonds is 5. The number of thioether (sulfide) groups is 2. The van der Waals surface area contributed by atoms with Crippen LogP contribution in [0.1, 0.15) is 26.7 Å². The van der Waals surface area contributed by atoms with Gasteiger partial charge in [-0.2, -0.15) is 0 Å². The molecule has 1 aliphatic rings. The first kappa shape index (κ1) is 14.0. The molecule has 0 bridgehead atoms. The Morgan fingerprint density at radius 1 is 1.50 bits per heavy atom. The van der Waals surface area contributed by atoms with Gasteiger partial charge in [0.25, 0.3) is 0 Å². The van der Waals surface area contributed by atoms with E-state index in [-0.39, 0.29) is 5.97 Å². The number of hydrogen-bond acceptors (Lipinski definition) is 4. The van der Waals surface area contributed by atoms with Crippen LogP contribution in [-0.4, -0.2) is 28.7 Å². The number of carbonyl (C=O) groups is 1. The van der Waals surface area contributed by atoms with Gasteiger partial charge < -0.3 is 4.74 Å². The molecule has 0 aliphatic carbocycles. The van der Waals surface area contributed by atoms with Crippen LogP contribution in [0.5, 0.6) is 0 Å². The number of hydrogen-bond donors (Lipinski definition) is 0. The molecule has 1 atom stereocenters. The highest BCUT2D eigenvalue weighted by Crippen LogP contribution is 2.37. The lowest BCUT2D eigenvalue weighted by Crippen LogP contribution is -2.15. The minimum atomic E-state index is -0.223. The maximum atomic E-state index is 11.1. The van der Waals surface area contributed by atoms with E-state index in [4.69, 9.17) is 4.74 Å². The van der Waals surface area contributed by atoms with Crippen molar-refractivity contribution in [3.63, 3.8) is 0 Å². The van der Waals surface area contributed by atoms with Gasteiger partial charge in [-0.15, -0.1) is 23.5 Å². The summed E-state index contributed by atoms with van der Waals surface area (Å²) in [5, 5.41) is 0. The van der Waals surface area contributed by atoms with Crippen LogP contribution in [-0.2, 0) is 9.53 Å². The first-order valence-electron chi connectivity index (χ1n) is 5.80. The van der Waals surface area contributed by atoms with E-state index in [0.717, 1.165) is 6.42 Å². The highest BCUT2D eigenvalue weighted by atomic mass is 32.2. The zero-order chi connectivity index (χ0) is 11.8. The van der Waals surface area contributed by atoms with Crippen molar-refractivity contribution in [1.82, 2.24) is 0 Å². The normalized spacial score (nSPS) is 19.9. The van der Waals surface area contributed by atoms with Crippen LogP contribution in [0.3, 0.4) is 0 Å². The lowest BCUT2D eigenvalue weighted by Gasteiger charge is -2.25. The molecule has 92 valence electrons. The zero-order valence-corrected chi connectivity index (χ0v) is 11.6. The predicted octanol–water partition coefficient (Wildman–Crippen LogP) is 3.33. The number of esters is 1. The van der Waals surface area contributed by atoms with Crippen LogP contribution in [0.25, 0.3) is 0 Å². The van der Waals surface area contributed by atoms with Crippen LogP contribution in [0.15, 0.2) is 12.2 Å². The Bertz CT molecular complexity index is 235. The van der Waals surface area contributed by atoms with Crippen molar-refractivity contribution in [2.45, 2.75) is 31.3 Å². The number of allylic oxidation sites excluding steroid dienone is 1. The molecule has 0 saturated carbocycles. The number of carbonyl (C=O) groups excluding carboxylic acids is 1. The summed E-state index contributed by atoms with van der Waals surface area (Å²) in [6.07, 6.45) is 5.79. The minimum absolute atomic E-state index is 0.223. The Morgan fingerprint density at radius 3 is 2.81 bits per heavy atom. The van der Waals surface area contributed by atoms with Crippen LogP contribution < -0.4 is 0 Å². The standard InChI is InChI=1S/C12H20O2S2/c1-3-14-11(13)7-4-6-10(2)12-15-8-5-9-16-12/h4,7,10,12H,3,5-6,8-9H2,1-2H3/b7-4+. The third-order valence-corrected chi connectivity index (χ3v) is 5.82. The zero-order valence-electron chi connectivity index (χ0n) is 9.98. The third kappa shape index (κ3) is 5.30. The van der Waals surface area contributed by atoms with Crippen LogP contribution >= 0.6 is 23.5 Å². The smallest absolute Gasteiger partial charge is 0.330 e. The second-order valence-corrected chi connectivity index (χ2v) is 6.63. The van der Waals surface area contributed by atoms with Crippen molar-refractivity contribution in [1.29, 1.82) is 0 Å². The van der Waals surface area contributed by atoms with Crippen molar-refractivity contribution in [3.05, 3.63) is 12.2 Å². The molecule has 0 N–H and O–H groups in total. The Labute approximate surface area is 107 Å². The summed E-state index contributed by atoms with van der Waals surface area (Å²) in [6, 6.07) is 0. The van der Waals surface area contributed by atoms with Gasteiger partial charge in [-0.1, -0.05) is 13.0 Å². The van der Waals surface area contributed by atoms with Gasteiger partial charge in [-0.05, 0) is 37.2 Å². The molecule has 4 heteroatoms. The molecule has 1 heterocycles. The molecular weight excluding hydrogens is 240 g/mol. The van der Waals surface area contributed by atoms with E-state index in [1.165, 1.54) is 17.9 Å². The molecule has 1 unspecified atom stereocenters. The van der Waals surface area contributed by atoms with Gasteiger partial charge in [0.1, 0.15) is 0 Å². The lowest BCUT2D eigenvalue weighted by atomic mass is 10.1. The molecule has 1 rings (SSSR count). The van der Waals surface area contributed by atoms with Crippen molar-refractivity contribution >= 4 is 29.5 Å². The fourth-order valence-corrected chi connectivity index (χ4v) is 4.63. The second-order valence-electron chi connectivity index (χ2n) is 3.83. The van der Waals surface area contributed by atoms with E-state index < -0.39 is 0 Å². The van der Waals surface area contributed by atoms with Crippen molar-refractivity contribution < 1.29 is 9.53 Å². The molecule has 1 aliphatic heterocycles. The summed E-state index contributed by atoms with van der Waals surface area (Å²) < 4.78 is 5.53. The molecule has 0 aromatic rings. The topological polar surface area (TPSA) is 26.3 Å². The van der Waals surface area contributed by atoms with E-state index in [0.29, 0.717) is 17.1 Å². The molecule has 1 saturated heterocycles. The van der Waals surface area contributed by atoms with Gasteiger partial charge in [0.05, 0.1) is 11.2 Å². The molecular formula is C12H20O2S2. The van der Waals surface area contributed by atoms with Crippen LogP contribution in [0.2, 0.25) is 0 Å². The second kappa shape index (κ2) is 8.07. The highest BCUT2D eigenvalue weighted by molar-refractivity contribution is 8.17. The fourth-order valence-electron chi connectivity index (χ4n) is 1.51. The Morgan fingerprint density at radius 2 is 2.19 bits per heavy atom. The van der Waals surface area contributed by atoms with Gasteiger partial charge in [0.15, 0.2) is 0 Å². The monoisotopic (exact) mass is 260 g/mol. The van der Waals surface area contributed by atoms with Crippen molar-refractivity contribution in [2.75, 3.05) is 18.1 Å². The van der Waals surface area contributed by atoms with E-state index >= 15 is 0 Å². The maximum Gasteiger partial charge on any atom is 0.330 e. The predicted molar refractivity (Wildman–Crippen MR) is 72.9 cm³/mol. The molecule has 0 radical (unpaired) electrons. The molecule has 2 nitrogen and oxygen atoms in total. The Kier molecular flexibility index (Phi) is 7.05. The SMILES string of the molecule is CCOC(=O)/C=C/CC(C)C1SCCCS1. The van der Waals surface area contributed by atoms with Crippen LogP contribution in [0, 0.1) is 5.92 Å². The average Bonchev–Trinajstić information content (AvgIpc) is 2.30. The van der Waals surface area contributed by atoms with E-state index in [2.05, 4.69) is 30.4 Å². The van der Waals surface area contributed by atoms with Gasteiger partial charge in [-0.3, -0.25) is 0 Å². The fraction of sp³-hybridized carbons (Fsp3) is 0.750. The molecule has 1 fully saturated rings. The summed E-state index contributed by atoms with van der Waals surface area (Å²) in [5.41, 5.74) is 0. The van der Waals surface area contributed by atoms with Crippen molar-refractivity contribution in [3.8, 4) is 0 Å². The van der Waals surface area contributed by atoms with Crippen molar-refractivity contribution in [2.24, 2.45) is 5.92 Å². The molecule has 0 aromatic heterocycles. The minimum Gasteiger partial charge on any atom is -0.463 e. The molecule has 16 heavy (non-hydrogen) atoms. The van der Waals surface area contributed by atoms with E-state index in [1.54, 1.807) is 6.08 Å². The number of ether oxygens (including phenoxy) is 1. The first-order chi connectivity index (χ1) is 7.74. The summed E-state index contributed by atoms with van der Waals surface area (Å²) in [4.78, 5) is 11.1. The molecule has 0 spiro atoms. The first-order valence-corrected chi connectivity index (χ1v) is 7.90. The summed E-state index contributed by atoms with van der Waals surface area (Å²) >= 11 is 4.11. The Hall–Kier alpha value is -0.0900. The maximum absolute atomic E-state index is 11.1. The highest BCUT2D eigenvalue weighted by Gasteiger charge is 2.20. The average molecular weight is 260 g/mol. The largest absolute Gasteiger partial charge is 0.463 e. The Balaban J connectivity index is 2.22. The summed E-state index contributed by atoms with van der Waals surface area (Å²) in [7, 11) is 0. The van der Waals surface area contributed by atoms with Gasteiger partial charge >= 0.3 is 5.97 Å². The molecule has 0 amide bonds. The lowest BCUT2D eigenvalue weighted by molar-refractivity contribution is -0.137. The summed E-state index contributed by atoms with van der Waals surface area (Å²) in [6.45, 7) is 4.53. The van der Waals surface area contributed by atoms with Gasteiger partial charge in [0.2, 0.25) is 0 Å². The quantitative estimate of drug-likeness (QED) is 0.559. The van der Waals surface area contributed by atoms with Gasteiger partial charge in [-0.25, -0.2) is 4.79 Å². The third-order valence-electron chi connectivity index (χ3n) is 2.37. The molecule has 0 aromatic carbocycles. The van der Waals surface area contributed by atoms with E-state index in [1.807, 2.05) is 13.0 Å². The van der Waals surface area contributed by atoms with Crippen LogP contribution in [0.4, 0.5) is 0 Å². The van der Waals surface area contributed by atoms with E-state index in [9.17, 15) is 4.79 Å².